The number of amides is 3. The number of benzene rings is 1. The van der Waals surface area contributed by atoms with Gasteiger partial charge in [0.2, 0.25) is 17.7 Å². The molecule has 146 valence electrons. The van der Waals surface area contributed by atoms with Crippen molar-refractivity contribution in [1.29, 1.82) is 0 Å². The zero-order valence-electron chi connectivity index (χ0n) is 15.2. The predicted molar refractivity (Wildman–Crippen MR) is 102 cm³/mol. The minimum Gasteiger partial charge on any atom is -0.324 e. The molecule has 1 saturated carbocycles. The fourth-order valence-corrected chi connectivity index (χ4v) is 4.19. The molecule has 1 aliphatic carbocycles. The van der Waals surface area contributed by atoms with Crippen molar-refractivity contribution in [2.75, 3.05) is 11.9 Å². The lowest BCUT2D eigenvalue weighted by atomic mass is 9.81. The molecule has 1 aliphatic heterocycles. The minimum atomic E-state index is -0.306. The molecule has 9 heteroatoms. The van der Waals surface area contributed by atoms with Crippen molar-refractivity contribution >= 4 is 35.0 Å². The van der Waals surface area contributed by atoms with E-state index < -0.39 is 0 Å². The quantitative estimate of drug-likeness (QED) is 0.776. The number of likely N-dealkylation sites (tertiary alicyclic amines) is 1. The van der Waals surface area contributed by atoms with Crippen LogP contribution in [-0.2, 0) is 14.4 Å². The molecule has 0 radical (unpaired) electrons. The maximum absolute atomic E-state index is 12.5. The molecule has 2 aromatic rings. The number of carbonyl (C=O) groups is 3. The van der Waals surface area contributed by atoms with Crippen LogP contribution < -0.4 is 5.32 Å². The molecule has 2 atom stereocenters. The van der Waals surface area contributed by atoms with E-state index in [-0.39, 0.29) is 42.5 Å². The van der Waals surface area contributed by atoms with Crippen LogP contribution in [0.3, 0.4) is 0 Å². The van der Waals surface area contributed by atoms with Crippen molar-refractivity contribution in [1.82, 2.24) is 19.7 Å². The third-order valence-electron chi connectivity index (χ3n) is 5.39. The van der Waals surface area contributed by atoms with Crippen LogP contribution in [0, 0.1) is 11.8 Å². The number of carbonyl (C=O) groups excluding carboxylic acids is 3. The number of nitrogens with zero attached hydrogens (tertiary/aromatic N) is 4. The first kappa shape index (κ1) is 18.6. The molecule has 1 aromatic carbocycles. The summed E-state index contributed by atoms with van der Waals surface area (Å²) in [5.41, 5.74) is 1.10. The minimum absolute atomic E-state index is 0.0280. The van der Waals surface area contributed by atoms with E-state index in [9.17, 15) is 14.4 Å². The first-order valence-electron chi connectivity index (χ1n) is 9.34. The molecule has 0 spiro atoms. The Balaban J connectivity index is 1.42. The lowest BCUT2D eigenvalue weighted by molar-refractivity contribution is -0.140. The topological polar surface area (TPSA) is 97.2 Å². The van der Waals surface area contributed by atoms with Gasteiger partial charge in [0.1, 0.15) is 12.7 Å². The van der Waals surface area contributed by atoms with Gasteiger partial charge in [-0.25, -0.2) is 9.67 Å². The van der Waals surface area contributed by atoms with Gasteiger partial charge in [-0.1, -0.05) is 24.4 Å². The Morgan fingerprint density at radius 1 is 1.18 bits per heavy atom. The number of imide groups is 1. The maximum Gasteiger partial charge on any atom is 0.233 e. The number of halogens is 1. The van der Waals surface area contributed by atoms with Gasteiger partial charge in [-0.15, -0.1) is 0 Å². The summed E-state index contributed by atoms with van der Waals surface area (Å²) in [5, 5.41) is 7.33. The molecule has 28 heavy (non-hydrogen) atoms. The number of hydrogen-bond donors (Lipinski definition) is 1. The fourth-order valence-electron chi connectivity index (χ4n) is 4.02. The van der Waals surface area contributed by atoms with Crippen molar-refractivity contribution in [3.8, 4) is 5.69 Å². The van der Waals surface area contributed by atoms with Crippen LogP contribution in [0.5, 0.6) is 0 Å². The molecule has 1 aromatic heterocycles. The summed E-state index contributed by atoms with van der Waals surface area (Å²) in [6, 6.07) is 5.04. The smallest absolute Gasteiger partial charge is 0.233 e. The van der Waals surface area contributed by atoms with Crippen LogP contribution in [0.4, 0.5) is 5.69 Å². The largest absolute Gasteiger partial charge is 0.324 e. The van der Waals surface area contributed by atoms with Gasteiger partial charge in [0.25, 0.3) is 0 Å². The Morgan fingerprint density at radius 3 is 2.54 bits per heavy atom. The summed E-state index contributed by atoms with van der Waals surface area (Å²) < 4.78 is 1.52. The number of aromatic nitrogens is 3. The fraction of sp³-hybridized carbons (Fsp3) is 0.421. The van der Waals surface area contributed by atoms with Gasteiger partial charge in [0, 0.05) is 18.0 Å². The number of hydrogen-bond acceptors (Lipinski definition) is 5. The highest BCUT2D eigenvalue weighted by Gasteiger charge is 2.47. The summed E-state index contributed by atoms with van der Waals surface area (Å²) in [4.78, 5) is 42.7. The van der Waals surface area contributed by atoms with E-state index >= 15 is 0 Å². The normalized spacial score (nSPS) is 21.7. The van der Waals surface area contributed by atoms with E-state index in [1.165, 1.54) is 22.2 Å². The molecule has 1 N–H and O–H groups in total. The highest BCUT2D eigenvalue weighted by atomic mass is 35.5. The molecule has 8 nitrogen and oxygen atoms in total. The van der Waals surface area contributed by atoms with Gasteiger partial charge in [0.05, 0.1) is 23.2 Å². The van der Waals surface area contributed by atoms with E-state index in [2.05, 4.69) is 15.4 Å². The van der Waals surface area contributed by atoms with Gasteiger partial charge in [-0.3, -0.25) is 19.3 Å². The Bertz CT molecular complexity index is 890. The molecule has 0 bridgehead atoms. The molecule has 1 saturated heterocycles. The Hall–Kier alpha value is -2.74. The number of nitrogens with one attached hydrogen (secondary N) is 1. The zero-order valence-corrected chi connectivity index (χ0v) is 15.9. The lowest BCUT2D eigenvalue weighted by Gasteiger charge is -2.19. The summed E-state index contributed by atoms with van der Waals surface area (Å²) in [6.45, 7) is 0.0930. The second-order valence-corrected chi connectivity index (χ2v) is 7.56. The first-order chi connectivity index (χ1) is 13.5. The highest BCUT2D eigenvalue weighted by Crippen LogP contribution is 2.38. The van der Waals surface area contributed by atoms with Crippen LogP contribution >= 0.6 is 11.6 Å². The number of rotatable bonds is 5. The van der Waals surface area contributed by atoms with E-state index in [1.807, 2.05) is 0 Å². The number of anilines is 1. The van der Waals surface area contributed by atoms with Crippen molar-refractivity contribution in [2.24, 2.45) is 11.8 Å². The van der Waals surface area contributed by atoms with E-state index in [4.69, 9.17) is 11.6 Å². The molecule has 2 fully saturated rings. The Kier molecular flexibility index (Phi) is 5.13. The van der Waals surface area contributed by atoms with Gasteiger partial charge in [-0.2, -0.15) is 5.10 Å². The summed E-state index contributed by atoms with van der Waals surface area (Å²) >= 11 is 6.06. The maximum atomic E-state index is 12.5. The zero-order chi connectivity index (χ0) is 19.7. The third-order valence-corrected chi connectivity index (χ3v) is 5.63. The van der Waals surface area contributed by atoms with Crippen molar-refractivity contribution in [2.45, 2.75) is 32.1 Å². The lowest BCUT2D eigenvalue weighted by Crippen LogP contribution is -2.34. The van der Waals surface area contributed by atoms with Crippen molar-refractivity contribution < 1.29 is 14.4 Å². The van der Waals surface area contributed by atoms with E-state index in [1.54, 1.807) is 18.2 Å². The Morgan fingerprint density at radius 2 is 1.89 bits per heavy atom. The van der Waals surface area contributed by atoms with E-state index in [0.29, 0.717) is 16.4 Å². The molecular weight excluding hydrogens is 382 g/mol. The predicted octanol–water partition coefficient (Wildman–Crippen LogP) is 2.42. The summed E-state index contributed by atoms with van der Waals surface area (Å²) in [5.74, 6) is -0.964. The van der Waals surface area contributed by atoms with Crippen LogP contribution in [0.15, 0.2) is 30.9 Å². The first-order valence-corrected chi connectivity index (χ1v) is 9.72. The van der Waals surface area contributed by atoms with Crippen molar-refractivity contribution in [3.63, 3.8) is 0 Å². The van der Waals surface area contributed by atoms with Gasteiger partial charge in [0.15, 0.2) is 0 Å². The molecule has 4 rings (SSSR count). The third kappa shape index (κ3) is 3.52. The standard InChI is InChI=1S/C19H20ClN5O3/c20-12-5-6-16(25-11-21-10-22-25)15(9-12)23-17(26)7-8-24-18(27)13-3-1-2-4-14(13)19(24)28/h5-6,9-11,13-14H,1-4,7-8H2,(H,23,26)/t13-,14-/m0/s1. The van der Waals surface area contributed by atoms with Crippen LogP contribution in [0.1, 0.15) is 32.1 Å². The van der Waals surface area contributed by atoms with Gasteiger partial charge in [-0.05, 0) is 31.0 Å². The van der Waals surface area contributed by atoms with Gasteiger partial charge >= 0.3 is 0 Å². The van der Waals surface area contributed by atoms with E-state index in [0.717, 1.165) is 25.7 Å². The van der Waals surface area contributed by atoms with Gasteiger partial charge < -0.3 is 5.32 Å². The highest BCUT2D eigenvalue weighted by molar-refractivity contribution is 6.31. The SMILES string of the molecule is O=C(CCN1C(=O)[C@H]2CCCC[C@@H]2C1=O)Nc1cc(Cl)ccc1-n1cncn1. The summed E-state index contributed by atoms with van der Waals surface area (Å²) in [6.07, 6.45) is 6.43. The van der Waals surface area contributed by atoms with Crippen molar-refractivity contribution in [3.05, 3.63) is 35.9 Å². The average molecular weight is 402 g/mol. The molecule has 0 unspecified atom stereocenters. The molecule has 2 aliphatic rings. The second-order valence-electron chi connectivity index (χ2n) is 7.13. The second kappa shape index (κ2) is 7.71. The molecule has 3 amide bonds. The van der Waals surface area contributed by atoms with Crippen LogP contribution in [-0.4, -0.2) is 43.9 Å². The van der Waals surface area contributed by atoms with Crippen LogP contribution in [0.2, 0.25) is 5.02 Å². The monoisotopic (exact) mass is 401 g/mol. The summed E-state index contributed by atoms with van der Waals surface area (Å²) in [7, 11) is 0. The van der Waals surface area contributed by atoms with Crippen LogP contribution in [0.25, 0.3) is 5.69 Å². The molecular formula is C19H20ClN5O3. The molecule has 2 heterocycles. The number of fused-ring (bicyclic) bond motifs is 1. The Labute approximate surface area is 166 Å². The average Bonchev–Trinajstić information content (AvgIpc) is 3.29.